The molecule has 0 fully saturated rings. The summed E-state index contributed by atoms with van der Waals surface area (Å²) in [7, 11) is 3.39. The molecular formula is C17H18F3N5O2. The second-order valence-electron chi connectivity index (χ2n) is 6.29. The number of anilines is 1. The average Bonchev–Trinajstić information content (AvgIpc) is 2.99. The van der Waals surface area contributed by atoms with Crippen LogP contribution in [-0.2, 0) is 6.61 Å². The van der Waals surface area contributed by atoms with E-state index in [1.165, 1.54) is 10.7 Å². The van der Waals surface area contributed by atoms with Crippen LogP contribution in [0.15, 0.2) is 23.0 Å². The van der Waals surface area contributed by atoms with Gasteiger partial charge in [-0.25, -0.2) is 17.9 Å². The van der Waals surface area contributed by atoms with Crippen LogP contribution in [0.3, 0.4) is 0 Å². The molecule has 27 heavy (non-hydrogen) atoms. The number of nitrogens with one attached hydrogen (secondary N) is 1. The van der Waals surface area contributed by atoms with Gasteiger partial charge in [0.1, 0.15) is 16.9 Å². The summed E-state index contributed by atoms with van der Waals surface area (Å²) < 4.78 is 40.9. The quantitative estimate of drug-likeness (QED) is 0.709. The molecule has 0 aliphatic carbocycles. The summed E-state index contributed by atoms with van der Waals surface area (Å²) in [5, 5.41) is 13.9. The zero-order valence-electron chi connectivity index (χ0n) is 14.9. The van der Waals surface area contributed by atoms with Gasteiger partial charge in [0.25, 0.3) is 12.0 Å². The molecular weight excluding hydrogens is 363 g/mol. The van der Waals surface area contributed by atoms with Crippen LogP contribution in [0.25, 0.3) is 11.0 Å². The summed E-state index contributed by atoms with van der Waals surface area (Å²) in [6, 6.07) is 2.80. The van der Waals surface area contributed by atoms with Crippen molar-refractivity contribution in [3.63, 3.8) is 0 Å². The molecule has 1 atom stereocenters. The van der Waals surface area contributed by atoms with Crippen LogP contribution in [-0.4, -0.2) is 39.0 Å². The van der Waals surface area contributed by atoms with Crippen LogP contribution in [0, 0.1) is 5.82 Å². The van der Waals surface area contributed by atoms with Crippen molar-refractivity contribution in [1.82, 2.24) is 19.7 Å². The largest absolute Gasteiger partial charge is 0.390 e. The first-order valence-electron chi connectivity index (χ1n) is 8.11. The van der Waals surface area contributed by atoms with Crippen molar-refractivity contribution < 1.29 is 18.3 Å². The summed E-state index contributed by atoms with van der Waals surface area (Å²) in [6.07, 6.45) is -2.91. The Kier molecular flexibility index (Phi) is 4.92. The number of nitrogens with zero attached hydrogens (tertiary/aromatic N) is 4. The van der Waals surface area contributed by atoms with E-state index in [1.54, 1.807) is 25.9 Å². The minimum Gasteiger partial charge on any atom is -0.390 e. The molecule has 2 aromatic heterocycles. The van der Waals surface area contributed by atoms with Crippen LogP contribution < -0.4 is 10.5 Å². The number of hydrogen-bond acceptors (Lipinski definition) is 5. The van der Waals surface area contributed by atoms with Gasteiger partial charge in [0, 0.05) is 14.1 Å². The fraction of sp³-hybridized carbons (Fsp3) is 0.353. The van der Waals surface area contributed by atoms with Gasteiger partial charge >= 0.3 is 0 Å². The molecule has 1 aromatic carbocycles. The minimum atomic E-state index is -2.91. The number of aromatic nitrogens is 4. The molecule has 0 bridgehead atoms. The maximum absolute atomic E-state index is 14.0. The summed E-state index contributed by atoms with van der Waals surface area (Å²) in [5.41, 5.74) is -0.445. The number of H-pyrrole nitrogens is 1. The van der Waals surface area contributed by atoms with E-state index in [2.05, 4.69) is 15.1 Å². The van der Waals surface area contributed by atoms with E-state index in [1.807, 2.05) is 0 Å². The highest BCUT2D eigenvalue weighted by Gasteiger charge is 2.22. The van der Waals surface area contributed by atoms with E-state index >= 15 is 0 Å². The second-order valence-corrected chi connectivity index (χ2v) is 6.29. The number of benzene rings is 1. The van der Waals surface area contributed by atoms with Crippen molar-refractivity contribution in [2.75, 3.05) is 19.0 Å². The number of aromatic amines is 1. The highest BCUT2D eigenvalue weighted by molar-refractivity contribution is 5.78. The van der Waals surface area contributed by atoms with E-state index in [0.29, 0.717) is 5.56 Å². The predicted octanol–water partition coefficient (Wildman–Crippen LogP) is 2.36. The van der Waals surface area contributed by atoms with E-state index in [0.717, 1.165) is 12.1 Å². The van der Waals surface area contributed by atoms with Crippen LogP contribution in [0.2, 0.25) is 0 Å². The SMILES string of the molecule is C[C@@H](c1ccc(C(F)F)c(F)c1)n1nc(CO)c2c(=O)[nH]c(N(C)C)nc21. The van der Waals surface area contributed by atoms with Crippen molar-refractivity contribution in [2.45, 2.75) is 26.0 Å². The lowest BCUT2D eigenvalue weighted by Crippen LogP contribution is -2.20. The number of halogens is 3. The van der Waals surface area contributed by atoms with Gasteiger partial charge in [0.05, 0.1) is 18.2 Å². The first-order chi connectivity index (χ1) is 12.7. The molecule has 0 spiro atoms. The molecule has 0 saturated carbocycles. The number of rotatable bonds is 5. The maximum Gasteiger partial charge on any atom is 0.266 e. The lowest BCUT2D eigenvalue weighted by Gasteiger charge is -2.16. The third-order valence-corrected chi connectivity index (χ3v) is 4.30. The molecule has 0 aliphatic rings. The monoisotopic (exact) mass is 381 g/mol. The number of aliphatic hydroxyl groups excluding tert-OH is 1. The van der Waals surface area contributed by atoms with Crippen LogP contribution in [0.1, 0.15) is 36.2 Å². The van der Waals surface area contributed by atoms with Gasteiger partial charge in [0.2, 0.25) is 5.95 Å². The highest BCUT2D eigenvalue weighted by Crippen LogP contribution is 2.28. The van der Waals surface area contributed by atoms with Crippen molar-refractivity contribution in [2.24, 2.45) is 0 Å². The Morgan fingerprint density at radius 1 is 1.33 bits per heavy atom. The van der Waals surface area contributed by atoms with Crippen molar-refractivity contribution >= 4 is 17.0 Å². The Morgan fingerprint density at radius 2 is 2.04 bits per heavy atom. The molecule has 0 saturated heterocycles. The van der Waals surface area contributed by atoms with Crippen molar-refractivity contribution in [3.05, 3.63) is 51.2 Å². The van der Waals surface area contributed by atoms with Gasteiger partial charge in [-0.05, 0) is 18.6 Å². The Labute approximate surface area is 152 Å². The topological polar surface area (TPSA) is 87.0 Å². The Morgan fingerprint density at radius 3 is 2.59 bits per heavy atom. The molecule has 144 valence electrons. The summed E-state index contributed by atoms with van der Waals surface area (Å²) in [6.45, 7) is 1.18. The fourth-order valence-electron chi connectivity index (χ4n) is 2.82. The van der Waals surface area contributed by atoms with E-state index in [9.17, 15) is 23.1 Å². The molecule has 0 aliphatic heterocycles. The molecule has 2 heterocycles. The summed E-state index contributed by atoms with van der Waals surface area (Å²) in [5.74, 6) is -0.738. The van der Waals surface area contributed by atoms with Crippen LogP contribution >= 0.6 is 0 Å². The highest BCUT2D eigenvalue weighted by atomic mass is 19.3. The second kappa shape index (κ2) is 7.03. The zero-order valence-corrected chi connectivity index (χ0v) is 14.9. The molecule has 0 amide bonds. The molecule has 0 unspecified atom stereocenters. The van der Waals surface area contributed by atoms with Crippen molar-refractivity contribution in [1.29, 1.82) is 0 Å². The van der Waals surface area contributed by atoms with E-state index in [4.69, 9.17) is 0 Å². The smallest absolute Gasteiger partial charge is 0.266 e. The van der Waals surface area contributed by atoms with Crippen LogP contribution in [0.5, 0.6) is 0 Å². The third-order valence-electron chi connectivity index (χ3n) is 4.30. The normalized spacial score (nSPS) is 12.7. The van der Waals surface area contributed by atoms with Gasteiger partial charge < -0.3 is 10.0 Å². The Hall–Kier alpha value is -2.88. The number of hydrogen-bond donors (Lipinski definition) is 2. The van der Waals surface area contributed by atoms with E-state index < -0.39 is 36.0 Å². The molecule has 3 aromatic rings. The van der Waals surface area contributed by atoms with E-state index in [-0.39, 0.29) is 22.7 Å². The Bertz CT molecular complexity index is 1040. The number of aliphatic hydroxyl groups is 1. The summed E-state index contributed by atoms with van der Waals surface area (Å²) in [4.78, 5) is 21.0. The van der Waals surface area contributed by atoms with Gasteiger partial charge in [-0.1, -0.05) is 12.1 Å². The summed E-state index contributed by atoms with van der Waals surface area (Å²) >= 11 is 0. The molecule has 3 rings (SSSR count). The molecule has 10 heteroatoms. The minimum absolute atomic E-state index is 0.125. The van der Waals surface area contributed by atoms with Crippen molar-refractivity contribution in [3.8, 4) is 0 Å². The van der Waals surface area contributed by atoms with Gasteiger partial charge in [-0.2, -0.15) is 10.1 Å². The van der Waals surface area contributed by atoms with Gasteiger partial charge in [-0.3, -0.25) is 9.78 Å². The zero-order chi connectivity index (χ0) is 19.9. The lowest BCUT2D eigenvalue weighted by molar-refractivity contribution is 0.146. The van der Waals surface area contributed by atoms with Crippen LogP contribution in [0.4, 0.5) is 19.1 Å². The first-order valence-corrected chi connectivity index (χ1v) is 8.11. The standard InChI is InChI=1S/C17H18F3N5O2/c1-8(9-4-5-10(14(19)20)11(18)6-9)25-15-13(12(7-26)23-25)16(27)22-17(21-15)24(2)3/h4-6,8,14,26H,7H2,1-3H3,(H,21,22,27)/t8-/m0/s1. The van der Waals surface area contributed by atoms with Gasteiger partial charge in [0.15, 0.2) is 5.65 Å². The molecule has 0 radical (unpaired) electrons. The maximum atomic E-state index is 14.0. The first kappa shape index (κ1) is 18.9. The predicted molar refractivity (Wildman–Crippen MR) is 93.6 cm³/mol. The Balaban J connectivity index is 2.18. The lowest BCUT2D eigenvalue weighted by atomic mass is 10.1. The van der Waals surface area contributed by atoms with Gasteiger partial charge in [-0.15, -0.1) is 0 Å². The third kappa shape index (κ3) is 3.27. The average molecular weight is 381 g/mol. The molecule has 7 nitrogen and oxygen atoms in total. The number of fused-ring (bicyclic) bond motifs is 1. The number of alkyl halides is 2. The molecule has 2 N–H and O–H groups in total. The fourth-order valence-corrected chi connectivity index (χ4v) is 2.82.